The van der Waals surface area contributed by atoms with E-state index < -0.39 is 0 Å². The van der Waals surface area contributed by atoms with Crippen molar-refractivity contribution >= 4 is 0 Å². The first-order valence-electron chi connectivity index (χ1n) is 11.8. The molecule has 0 aliphatic rings. The maximum atomic E-state index is 14.5. The Morgan fingerprint density at radius 3 is 1.91 bits per heavy atom. The zero-order valence-electron chi connectivity index (χ0n) is 19.5. The van der Waals surface area contributed by atoms with E-state index in [0.717, 1.165) is 36.0 Å². The lowest BCUT2D eigenvalue weighted by atomic mass is 9.92. The molecule has 33 heavy (non-hydrogen) atoms. The van der Waals surface area contributed by atoms with Crippen LogP contribution in [0.1, 0.15) is 42.9 Å². The molecule has 0 aromatic heterocycles. The van der Waals surface area contributed by atoms with Crippen LogP contribution < -0.4 is 0 Å². The van der Waals surface area contributed by atoms with Crippen LogP contribution in [0.3, 0.4) is 0 Å². The summed E-state index contributed by atoms with van der Waals surface area (Å²) in [5, 5.41) is 0. The molecule has 166 valence electrons. The Hall–Kier alpha value is -3.45. The fraction of sp³-hybridized carbons (Fsp3) is 0.188. The number of halogens is 1. The zero-order valence-corrected chi connectivity index (χ0v) is 19.5. The summed E-state index contributed by atoms with van der Waals surface area (Å²) < 4.78 is 14.5. The van der Waals surface area contributed by atoms with E-state index in [9.17, 15) is 4.39 Å². The van der Waals surface area contributed by atoms with Crippen LogP contribution in [0.4, 0.5) is 4.39 Å². The smallest absolute Gasteiger partial charge is 0.127 e. The van der Waals surface area contributed by atoms with E-state index in [-0.39, 0.29) is 5.82 Å². The summed E-state index contributed by atoms with van der Waals surface area (Å²) in [6, 6.07) is 33.5. The third-order valence-electron chi connectivity index (χ3n) is 6.29. The van der Waals surface area contributed by atoms with Gasteiger partial charge in [-0.2, -0.15) is 0 Å². The minimum atomic E-state index is -0.124. The second-order valence-corrected chi connectivity index (χ2v) is 8.70. The van der Waals surface area contributed by atoms with Crippen LogP contribution in [-0.4, -0.2) is 0 Å². The van der Waals surface area contributed by atoms with Crippen molar-refractivity contribution in [3.63, 3.8) is 0 Å². The van der Waals surface area contributed by atoms with Gasteiger partial charge in [-0.1, -0.05) is 110 Å². The molecule has 0 fully saturated rings. The lowest BCUT2D eigenvalue weighted by Crippen LogP contribution is -1.98. The molecule has 0 aliphatic carbocycles. The summed E-state index contributed by atoms with van der Waals surface area (Å²) in [5.41, 5.74) is 7.81. The summed E-state index contributed by atoms with van der Waals surface area (Å²) in [7, 11) is 0. The van der Waals surface area contributed by atoms with Crippen LogP contribution in [-0.2, 0) is 12.8 Å². The van der Waals surface area contributed by atoms with Gasteiger partial charge in [-0.25, -0.2) is 4.39 Å². The molecule has 4 rings (SSSR count). The molecule has 0 saturated heterocycles. The van der Waals surface area contributed by atoms with E-state index in [1.54, 1.807) is 6.07 Å². The Morgan fingerprint density at radius 1 is 0.727 bits per heavy atom. The van der Waals surface area contributed by atoms with Gasteiger partial charge in [-0.05, 0) is 77.1 Å². The van der Waals surface area contributed by atoms with Crippen LogP contribution in [0.25, 0.3) is 22.3 Å². The lowest BCUT2D eigenvalue weighted by Gasteiger charge is -2.12. The highest BCUT2D eigenvalue weighted by Crippen LogP contribution is 2.28. The van der Waals surface area contributed by atoms with Crippen molar-refractivity contribution in [2.45, 2.75) is 39.0 Å². The van der Waals surface area contributed by atoms with Crippen LogP contribution >= 0.6 is 0 Å². The Bertz CT molecular complexity index is 1190. The Balaban J connectivity index is 1.43. The van der Waals surface area contributed by atoms with Gasteiger partial charge < -0.3 is 0 Å². The quantitative estimate of drug-likeness (QED) is 0.243. The van der Waals surface area contributed by atoms with Gasteiger partial charge in [-0.15, -0.1) is 0 Å². The molecule has 0 aliphatic heterocycles. The molecule has 0 amide bonds. The monoisotopic (exact) mass is 434 g/mol. The summed E-state index contributed by atoms with van der Waals surface area (Å²) >= 11 is 0. The fourth-order valence-corrected chi connectivity index (χ4v) is 4.28. The predicted octanol–water partition coefficient (Wildman–Crippen LogP) is 9.01. The van der Waals surface area contributed by atoms with Gasteiger partial charge in [0.1, 0.15) is 5.82 Å². The predicted molar refractivity (Wildman–Crippen MR) is 139 cm³/mol. The molecule has 0 spiro atoms. The molecule has 0 N–H and O–H groups in total. The van der Waals surface area contributed by atoms with Crippen molar-refractivity contribution in [3.05, 3.63) is 132 Å². The summed E-state index contributed by atoms with van der Waals surface area (Å²) in [6.45, 7) is 4.27. The molecule has 0 heterocycles. The average molecular weight is 435 g/mol. The van der Waals surface area contributed by atoms with Crippen LogP contribution in [0.15, 0.2) is 109 Å². The lowest BCUT2D eigenvalue weighted by molar-refractivity contribution is 0.610. The molecule has 0 unspecified atom stereocenters. The third kappa shape index (κ3) is 5.87. The second kappa shape index (κ2) is 10.9. The Morgan fingerprint density at radius 2 is 1.30 bits per heavy atom. The number of benzene rings is 4. The Labute approximate surface area is 197 Å². The normalized spacial score (nSPS) is 12.2. The van der Waals surface area contributed by atoms with Crippen molar-refractivity contribution in [2.75, 3.05) is 0 Å². The van der Waals surface area contributed by atoms with Gasteiger partial charge in [0.15, 0.2) is 0 Å². The topological polar surface area (TPSA) is 0 Å². The summed E-state index contributed by atoms with van der Waals surface area (Å²) in [5.74, 6) is 0.368. The average Bonchev–Trinajstić information content (AvgIpc) is 2.86. The van der Waals surface area contributed by atoms with Crippen molar-refractivity contribution in [2.24, 2.45) is 0 Å². The number of hydrogen-bond acceptors (Lipinski definition) is 0. The molecule has 4 aromatic rings. The van der Waals surface area contributed by atoms with E-state index in [0.29, 0.717) is 5.92 Å². The maximum absolute atomic E-state index is 14.5. The van der Waals surface area contributed by atoms with Gasteiger partial charge in [-0.3, -0.25) is 0 Å². The van der Waals surface area contributed by atoms with Gasteiger partial charge in [0.2, 0.25) is 0 Å². The molecular weight excluding hydrogens is 403 g/mol. The minimum absolute atomic E-state index is 0.124. The summed E-state index contributed by atoms with van der Waals surface area (Å²) in [4.78, 5) is 0. The van der Waals surface area contributed by atoms with E-state index in [4.69, 9.17) is 0 Å². The molecule has 1 atom stereocenters. The molecular formula is C32H31F. The number of rotatable bonds is 8. The molecule has 4 aromatic carbocycles. The first-order chi connectivity index (χ1) is 16.1. The largest absolute Gasteiger partial charge is 0.207 e. The molecule has 1 heteroatoms. The SMILES string of the molecule is CC=CCCc1ccc(-c2ccc(-c3ccc(C[C@H](C)c4ccccc4)cc3)cc2)cc1F. The van der Waals surface area contributed by atoms with E-state index in [2.05, 4.69) is 91.9 Å². The highest BCUT2D eigenvalue weighted by molar-refractivity contribution is 5.70. The minimum Gasteiger partial charge on any atom is -0.207 e. The third-order valence-corrected chi connectivity index (χ3v) is 6.29. The van der Waals surface area contributed by atoms with Crippen LogP contribution in [0.2, 0.25) is 0 Å². The first-order valence-corrected chi connectivity index (χ1v) is 11.8. The van der Waals surface area contributed by atoms with Crippen molar-refractivity contribution in [3.8, 4) is 22.3 Å². The number of allylic oxidation sites excluding steroid dienone is 2. The van der Waals surface area contributed by atoms with Gasteiger partial charge in [0.25, 0.3) is 0 Å². The zero-order chi connectivity index (χ0) is 23.0. The standard InChI is InChI=1S/C32H31F/c1-3-4-6-11-30-20-21-31(23-32(30)33)29-18-16-28(17-19-29)27-14-12-25(13-15-27)22-24(2)26-9-7-5-8-10-26/h3-5,7-10,12-21,23-24H,6,11,22H2,1-2H3/t24-/m0/s1. The van der Waals surface area contributed by atoms with Crippen molar-refractivity contribution in [1.82, 2.24) is 0 Å². The van der Waals surface area contributed by atoms with Crippen LogP contribution in [0.5, 0.6) is 0 Å². The van der Waals surface area contributed by atoms with Crippen LogP contribution in [0, 0.1) is 5.82 Å². The van der Waals surface area contributed by atoms with Crippen molar-refractivity contribution < 1.29 is 4.39 Å². The molecule has 0 radical (unpaired) electrons. The van der Waals surface area contributed by atoms with E-state index >= 15 is 0 Å². The molecule has 0 bridgehead atoms. The first kappa shape index (κ1) is 22.7. The summed E-state index contributed by atoms with van der Waals surface area (Å²) in [6.07, 6.45) is 6.70. The van der Waals surface area contributed by atoms with Gasteiger partial charge in [0, 0.05) is 0 Å². The highest BCUT2D eigenvalue weighted by Gasteiger charge is 2.08. The highest BCUT2D eigenvalue weighted by atomic mass is 19.1. The van der Waals surface area contributed by atoms with Gasteiger partial charge >= 0.3 is 0 Å². The number of hydrogen-bond donors (Lipinski definition) is 0. The number of aryl methyl sites for hydroxylation is 1. The molecule has 0 nitrogen and oxygen atoms in total. The maximum Gasteiger partial charge on any atom is 0.127 e. The van der Waals surface area contributed by atoms with E-state index in [1.807, 2.05) is 25.1 Å². The van der Waals surface area contributed by atoms with E-state index in [1.165, 1.54) is 22.3 Å². The Kier molecular flexibility index (Phi) is 7.52. The second-order valence-electron chi connectivity index (χ2n) is 8.70. The van der Waals surface area contributed by atoms with Gasteiger partial charge in [0.05, 0.1) is 0 Å². The molecule has 0 saturated carbocycles. The fourth-order valence-electron chi connectivity index (χ4n) is 4.28. The van der Waals surface area contributed by atoms with Crippen molar-refractivity contribution in [1.29, 1.82) is 0 Å².